The maximum Gasteiger partial charge on any atom is 0.261 e. The molecule has 0 aliphatic heterocycles. The molecule has 2 N–H and O–H groups in total. The number of hydrogen-bond donors (Lipinski definition) is 2. The first-order valence-corrected chi connectivity index (χ1v) is 11.4. The van der Waals surface area contributed by atoms with Gasteiger partial charge >= 0.3 is 0 Å². The number of benzene rings is 3. The Morgan fingerprint density at radius 3 is 2.48 bits per heavy atom. The lowest BCUT2D eigenvalue weighted by Gasteiger charge is -2.11. The number of nitrogens with zero attached hydrogens (tertiary/aromatic N) is 2. The van der Waals surface area contributed by atoms with Crippen LogP contribution in [0.25, 0.3) is 11.0 Å². The predicted molar refractivity (Wildman–Crippen MR) is 122 cm³/mol. The molecule has 4 rings (SSSR count). The molecule has 8 heteroatoms. The number of anilines is 2. The van der Waals surface area contributed by atoms with Gasteiger partial charge in [0.1, 0.15) is 0 Å². The van der Waals surface area contributed by atoms with Gasteiger partial charge in [-0.05, 0) is 48.9 Å². The van der Waals surface area contributed by atoms with Crippen LogP contribution in [0.3, 0.4) is 0 Å². The first kappa shape index (κ1) is 20.6. The first-order chi connectivity index (χ1) is 15.0. The van der Waals surface area contributed by atoms with Crippen molar-refractivity contribution in [3.05, 3.63) is 84.4 Å². The number of para-hydroxylation sites is 2. The van der Waals surface area contributed by atoms with Crippen LogP contribution in [-0.2, 0) is 16.6 Å². The van der Waals surface area contributed by atoms with E-state index in [1.165, 1.54) is 18.2 Å². The zero-order chi connectivity index (χ0) is 21.8. The molecule has 0 aliphatic carbocycles. The number of nitrogens with one attached hydrogen (secondary N) is 2. The van der Waals surface area contributed by atoms with Crippen LogP contribution in [0, 0.1) is 0 Å². The molecule has 0 atom stereocenters. The maximum atomic E-state index is 12.9. The normalized spacial score (nSPS) is 11.4. The highest BCUT2D eigenvalue weighted by Crippen LogP contribution is 2.22. The summed E-state index contributed by atoms with van der Waals surface area (Å²) in [6, 6.07) is 22.1. The molecule has 0 radical (unpaired) electrons. The Hall–Kier alpha value is -3.65. The van der Waals surface area contributed by atoms with Crippen molar-refractivity contribution >= 4 is 38.6 Å². The van der Waals surface area contributed by atoms with E-state index in [0.717, 1.165) is 17.5 Å². The second kappa shape index (κ2) is 8.61. The van der Waals surface area contributed by atoms with E-state index in [-0.39, 0.29) is 10.8 Å². The summed E-state index contributed by atoms with van der Waals surface area (Å²) in [5.74, 6) is 0.0942. The topological polar surface area (TPSA) is 93.1 Å². The Kier molecular flexibility index (Phi) is 5.73. The SMILES string of the molecule is CCCn1c(NC(=O)c2cccc(NS(=O)(=O)c3ccccc3)c2)nc2ccccc21. The molecule has 158 valence electrons. The number of carbonyl (C=O) groups is 1. The van der Waals surface area contributed by atoms with E-state index in [1.54, 1.807) is 36.4 Å². The Labute approximate surface area is 180 Å². The van der Waals surface area contributed by atoms with Gasteiger partial charge in [-0.2, -0.15) is 0 Å². The number of amides is 1. The van der Waals surface area contributed by atoms with E-state index < -0.39 is 10.0 Å². The zero-order valence-corrected chi connectivity index (χ0v) is 17.8. The number of aromatic nitrogens is 2. The molecule has 0 spiro atoms. The number of carbonyl (C=O) groups excluding carboxylic acids is 1. The van der Waals surface area contributed by atoms with Crippen LogP contribution in [0.2, 0.25) is 0 Å². The average molecular weight is 435 g/mol. The molecule has 1 amide bonds. The summed E-state index contributed by atoms with van der Waals surface area (Å²) in [5, 5.41) is 2.86. The molecular formula is C23H22N4O3S. The summed E-state index contributed by atoms with van der Waals surface area (Å²) in [6.45, 7) is 2.77. The van der Waals surface area contributed by atoms with E-state index in [4.69, 9.17) is 0 Å². The van der Waals surface area contributed by atoms with Gasteiger partial charge < -0.3 is 4.57 Å². The molecule has 4 aromatic rings. The van der Waals surface area contributed by atoms with Crippen LogP contribution in [0.5, 0.6) is 0 Å². The van der Waals surface area contributed by atoms with Crippen molar-refractivity contribution in [1.29, 1.82) is 0 Å². The minimum absolute atomic E-state index is 0.151. The molecular weight excluding hydrogens is 412 g/mol. The van der Waals surface area contributed by atoms with Crippen LogP contribution < -0.4 is 10.0 Å². The van der Waals surface area contributed by atoms with Gasteiger partial charge in [-0.25, -0.2) is 13.4 Å². The van der Waals surface area contributed by atoms with Gasteiger partial charge in [0.05, 0.1) is 15.9 Å². The third-order valence-electron chi connectivity index (χ3n) is 4.76. The minimum Gasteiger partial charge on any atom is -0.310 e. The third-order valence-corrected chi connectivity index (χ3v) is 6.15. The number of hydrogen-bond acceptors (Lipinski definition) is 4. The van der Waals surface area contributed by atoms with Gasteiger partial charge in [0.2, 0.25) is 5.95 Å². The zero-order valence-electron chi connectivity index (χ0n) is 16.9. The first-order valence-electron chi connectivity index (χ1n) is 9.92. The van der Waals surface area contributed by atoms with Crippen molar-refractivity contribution in [2.24, 2.45) is 0 Å². The second-order valence-corrected chi connectivity index (χ2v) is 8.71. The monoisotopic (exact) mass is 434 g/mol. The maximum absolute atomic E-state index is 12.9. The molecule has 0 unspecified atom stereocenters. The van der Waals surface area contributed by atoms with Crippen molar-refractivity contribution in [3.8, 4) is 0 Å². The van der Waals surface area contributed by atoms with E-state index in [2.05, 4.69) is 21.9 Å². The highest BCUT2D eigenvalue weighted by atomic mass is 32.2. The van der Waals surface area contributed by atoms with Crippen molar-refractivity contribution in [2.75, 3.05) is 10.0 Å². The van der Waals surface area contributed by atoms with Crippen molar-refractivity contribution < 1.29 is 13.2 Å². The average Bonchev–Trinajstić information content (AvgIpc) is 3.11. The van der Waals surface area contributed by atoms with Gasteiger partial charge in [-0.15, -0.1) is 0 Å². The van der Waals surface area contributed by atoms with Crippen molar-refractivity contribution in [2.45, 2.75) is 24.8 Å². The smallest absolute Gasteiger partial charge is 0.261 e. The van der Waals surface area contributed by atoms with Gasteiger partial charge in [-0.3, -0.25) is 14.8 Å². The quantitative estimate of drug-likeness (QED) is 0.448. The Morgan fingerprint density at radius 2 is 1.71 bits per heavy atom. The molecule has 0 bridgehead atoms. The van der Waals surface area contributed by atoms with E-state index in [0.29, 0.717) is 23.7 Å². The summed E-state index contributed by atoms with van der Waals surface area (Å²) in [5.41, 5.74) is 2.38. The van der Waals surface area contributed by atoms with E-state index in [1.807, 2.05) is 28.8 Å². The van der Waals surface area contributed by atoms with Crippen molar-refractivity contribution in [3.63, 3.8) is 0 Å². The lowest BCUT2D eigenvalue weighted by atomic mass is 10.2. The Morgan fingerprint density at radius 1 is 0.968 bits per heavy atom. The summed E-state index contributed by atoms with van der Waals surface area (Å²) in [4.78, 5) is 17.6. The fourth-order valence-electron chi connectivity index (χ4n) is 3.33. The number of rotatable bonds is 7. The number of fused-ring (bicyclic) bond motifs is 1. The summed E-state index contributed by atoms with van der Waals surface area (Å²) in [7, 11) is -3.74. The van der Waals surface area contributed by atoms with Gasteiger partial charge in [0.15, 0.2) is 0 Å². The van der Waals surface area contributed by atoms with Gasteiger partial charge in [-0.1, -0.05) is 43.3 Å². The lowest BCUT2D eigenvalue weighted by Crippen LogP contribution is -2.17. The van der Waals surface area contributed by atoms with Crippen LogP contribution in [0.1, 0.15) is 23.7 Å². The number of sulfonamides is 1. The number of aryl methyl sites for hydroxylation is 1. The Bertz CT molecular complexity index is 1330. The van der Waals surface area contributed by atoms with Crippen LogP contribution in [0.4, 0.5) is 11.6 Å². The Balaban J connectivity index is 1.58. The van der Waals surface area contributed by atoms with Gasteiger partial charge in [0, 0.05) is 17.8 Å². The largest absolute Gasteiger partial charge is 0.310 e. The molecule has 1 aromatic heterocycles. The summed E-state index contributed by atoms with van der Waals surface area (Å²) in [6.07, 6.45) is 0.889. The van der Waals surface area contributed by atoms with Crippen molar-refractivity contribution in [1.82, 2.24) is 9.55 Å². The molecule has 3 aromatic carbocycles. The summed E-state index contributed by atoms with van der Waals surface area (Å²) >= 11 is 0. The lowest BCUT2D eigenvalue weighted by molar-refractivity contribution is 0.102. The van der Waals surface area contributed by atoms with Crippen LogP contribution >= 0.6 is 0 Å². The fraction of sp³-hybridized carbons (Fsp3) is 0.130. The highest BCUT2D eigenvalue weighted by Gasteiger charge is 2.17. The van der Waals surface area contributed by atoms with Crippen LogP contribution in [0.15, 0.2) is 83.8 Å². The fourth-order valence-corrected chi connectivity index (χ4v) is 4.40. The minimum atomic E-state index is -3.74. The molecule has 7 nitrogen and oxygen atoms in total. The van der Waals surface area contributed by atoms with Crippen LogP contribution in [-0.4, -0.2) is 23.9 Å². The standard InChI is InChI=1S/C23H22N4O3S/c1-2-15-27-21-14-7-6-13-20(21)24-23(27)25-22(28)17-9-8-10-18(16-17)26-31(29,30)19-11-4-3-5-12-19/h3-14,16,26H,2,15H2,1H3,(H,24,25,28). The molecule has 0 saturated heterocycles. The molecule has 1 heterocycles. The van der Waals surface area contributed by atoms with Gasteiger partial charge in [0.25, 0.3) is 15.9 Å². The predicted octanol–water partition coefficient (Wildman–Crippen LogP) is 4.50. The summed E-state index contributed by atoms with van der Waals surface area (Å²) < 4.78 is 29.6. The van der Waals surface area contributed by atoms with E-state index >= 15 is 0 Å². The number of imidazole rings is 1. The van der Waals surface area contributed by atoms with E-state index in [9.17, 15) is 13.2 Å². The highest BCUT2D eigenvalue weighted by molar-refractivity contribution is 7.92. The molecule has 0 fully saturated rings. The third kappa shape index (κ3) is 4.44. The second-order valence-electron chi connectivity index (χ2n) is 7.03. The molecule has 0 aliphatic rings. The molecule has 0 saturated carbocycles. The molecule has 31 heavy (non-hydrogen) atoms.